The second-order valence-electron chi connectivity index (χ2n) is 2.45. The first-order chi connectivity index (χ1) is 5.75. The van der Waals surface area contributed by atoms with Gasteiger partial charge in [-0.3, -0.25) is 4.99 Å². The zero-order valence-corrected chi connectivity index (χ0v) is 8.06. The van der Waals surface area contributed by atoms with Crippen molar-refractivity contribution < 1.29 is 0 Å². The lowest BCUT2D eigenvalue weighted by molar-refractivity contribution is 0.930. The van der Waals surface area contributed by atoms with Crippen molar-refractivity contribution in [1.82, 2.24) is 9.59 Å². The normalized spacial score (nSPS) is 12.0. The van der Waals surface area contributed by atoms with Gasteiger partial charge in [0.2, 0.25) is 0 Å². The molecule has 5 heteroatoms. The number of aryl methyl sites for hydroxylation is 1. The van der Waals surface area contributed by atoms with E-state index in [4.69, 9.17) is 5.73 Å². The summed E-state index contributed by atoms with van der Waals surface area (Å²) in [5.41, 5.74) is 6.57. The number of rotatable bonds is 3. The van der Waals surface area contributed by atoms with Crippen molar-refractivity contribution in [2.24, 2.45) is 10.7 Å². The molecule has 0 saturated heterocycles. The number of nitrogens with zero attached hydrogens (tertiary/aromatic N) is 3. The molecular weight excluding hydrogens is 172 g/mol. The van der Waals surface area contributed by atoms with E-state index in [0.717, 1.165) is 23.5 Å². The van der Waals surface area contributed by atoms with Gasteiger partial charge in [-0.1, -0.05) is 11.4 Å². The molecule has 0 amide bonds. The highest BCUT2D eigenvalue weighted by molar-refractivity contribution is 7.08. The third-order valence-corrected chi connectivity index (χ3v) is 2.24. The minimum absolute atomic E-state index is 0.560. The number of amidine groups is 1. The molecule has 1 aromatic rings. The summed E-state index contributed by atoms with van der Waals surface area (Å²) in [5, 5.41) is 3.85. The summed E-state index contributed by atoms with van der Waals surface area (Å²) < 4.78 is 3.78. The highest BCUT2D eigenvalue weighted by atomic mass is 32.1. The van der Waals surface area contributed by atoms with Gasteiger partial charge in [-0.05, 0) is 24.9 Å². The Morgan fingerprint density at radius 3 is 2.92 bits per heavy atom. The predicted molar refractivity (Wildman–Crippen MR) is 50.5 cm³/mol. The number of aliphatic imine (C=N–C) groups is 1. The molecule has 0 aliphatic heterocycles. The molecule has 0 unspecified atom stereocenters. The zero-order valence-electron chi connectivity index (χ0n) is 7.24. The van der Waals surface area contributed by atoms with E-state index in [1.165, 1.54) is 11.5 Å². The zero-order chi connectivity index (χ0) is 8.97. The van der Waals surface area contributed by atoms with E-state index >= 15 is 0 Å². The Bertz CT molecular complexity index is 279. The predicted octanol–water partition coefficient (Wildman–Crippen LogP) is 0.962. The lowest BCUT2D eigenvalue weighted by Gasteiger charge is -1.95. The first kappa shape index (κ1) is 9.12. The maximum absolute atomic E-state index is 5.71. The Hall–Kier alpha value is -0.970. The van der Waals surface area contributed by atoms with Gasteiger partial charge in [0.1, 0.15) is 10.7 Å². The summed E-state index contributed by atoms with van der Waals surface area (Å²) in [7, 11) is 0. The molecule has 0 aromatic carbocycles. The average molecular weight is 184 g/mol. The Morgan fingerprint density at radius 2 is 2.42 bits per heavy atom. The number of nitrogens with two attached hydrogens (primary N) is 1. The van der Waals surface area contributed by atoms with Crippen LogP contribution in [0.2, 0.25) is 0 Å². The average Bonchev–Trinajstić information content (AvgIpc) is 2.47. The third-order valence-electron chi connectivity index (χ3n) is 1.39. The minimum atomic E-state index is 0.560. The van der Waals surface area contributed by atoms with Gasteiger partial charge in [-0.25, -0.2) is 0 Å². The van der Waals surface area contributed by atoms with Crippen LogP contribution in [0.4, 0.5) is 0 Å². The third kappa shape index (κ3) is 2.01. The van der Waals surface area contributed by atoms with Crippen molar-refractivity contribution in [1.29, 1.82) is 0 Å². The molecule has 2 N–H and O–H groups in total. The molecule has 0 fully saturated rings. The van der Waals surface area contributed by atoms with Crippen LogP contribution in [-0.4, -0.2) is 22.0 Å². The molecule has 0 atom stereocenters. The lowest BCUT2D eigenvalue weighted by Crippen LogP contribution is -2.13. The fraction of sp³-hybridized carbons (Fsp3) is 0.571. The smallest absolute Gasteiger partial charge is 0.139 e. The molecule has 0 aliphatic carbocycles. The van der Waals surface area contributed by atoms with Crippen LogP contribution in [0.1, 0.15) is 23.9 Å². The van der Waals surface area contributed by atoms with Crippen LogP contribution in [0, 0.1) is 6.92 Å². The largest absolute Gasteiger partial charge is 0.383 e. The van der Waals surface area contributed by atoms with Crippen LogP contribution in [-0.2, 0) is 0 Å². The van der Waals surface area contributed by atoms with Crippen molar-refractivity contribution in [2.45, 2.75) is 20.3 Å². The van der Waals surface area contributed by atoms with E-state index in [2.05, 4.69) is 21.5 Å². The molecule has 0 radical (unpaired) electrons. The van der Waals surface area contributed by atoms with E-state index < -0.39 is 0 Å². The number of hydrogen-bond acceptors (Lipinski definition) is 4. The van der Waals surface area contributed by atoms with Gasteiger partial charge in [0.25, 0.3) is 0 Å². The molecule has 1 aromatic heterocycles. The summed E-state index contributed by atoms with van der Waals surface area (Å²) in [6, 6.07) is 0. The Balaban J connectivity index is 2.77. The number of hydrogen-bond donors (Lipinski definition) is 1. The molecule has 66 valence electrons. The molecular formula is C7H12N4S. The van der Waals surface area contributed by atoms with Crippen LogP contribution in [0.25, 0.3) is 0 Å². The van der Waals surface area contributed by atoms with Gasteiger partial charge in [0.15, 0.2) is 0 Å². The summed E-state index contributed by atoms with van der Waals surface area (Å²) in [5.74, 6) is 0.560. The van der Waals surface area contributed by atoms with Gasteiger partial charge in [0, 0.05) is 6.54 Å². The highest BCUT2D eigenvalue weighted by Gasteiger charge is 2.05. The molecule has 12 heavy (non-hydrogen) atoms. The van der Waals surface area contributed by atoms with Gasteiger partial charge in [-0.2, -0.15) is 0 Å². The topological polar surface area (TPSA) is 64.2 Å². The Morgan fingerprint density at radius 1 is 1.67 bits per heavy atom. The summed E-state index contributed by atoms with van der Waals surface area (Å²) >= 11 is 1.29. The Labute approximate surface area is 75.7 Å². The molecule has 0 bridgehead atoms. The van der Waals surface area contributed by atoms with E-state index in [9.17, 15) is 0 Å². The van der Waals surface area contributed by atoms with E-state index in [1.807, 2.05) is 6.92 Å². The van der Waals surface area contributed by atoms with Crippen LogP contribution in [0.5, 0.6) is 0 Å². The van der Waals surface area contributed by atoms with Crippen molar-refractivity contribution >= 4 is 17.4 Å². The van der Waals surface area contributed by atoms with E-state index in [0.29, 0.717) is 5.84 Å². The van der Waals surface area contributed by atoms with Crippen LogP contribution < -0.4 is 5.73 Å². The second kappa shape index (κ2) is 4.15. The SMILES string of the molecule is CCCN=C(N)c1snnc1C. The second-order valence-corrected chi connectivity index (χ2v) is 3.21. The van der Waals surface area contributed by atoms with Crippen LogP contribution in [0.15, 0.2) is 4.99 Å². The van der Waals surface area contributed by atoms with Gasteiger partial charge >= 0.3 is 0 Å². The fourth-order valence-corrected chi connectivity index (χ4v) is 1.35. The lowest BCUT2D eigenvalue weighted by atomic mass is 10.4. The van der Waals surface area contributed by atoms with Crippen molar-refractivity contribution in [3.8, 4) is 0 Å². The maximum Gasteiger partial charge on any atom is 0.139 e. The molecule has 1 rings (SSSR count). The molecule has 0 spiro atoms. The van der Waals surface area contributed by atoms with Gasteiger partial charge in [-0.15, -0.1) is 5.10 Å². The summed E-state index contributed by atoms with van der Waals surface area (Å²) in [6.45, 7) is 4.71. The van der Waals surface area contributed by atoms with Gasteiger partial charge < -0.3 is 5.73 Å². The van der Waals surface area contributed by atoms with Crippen molar-refractivity contribution in [3.05, 3.63) is 10.6 Å². The maximum atomic E-state index is 5.71. The standard InChI is InChI=1S/C7H12N4S/c1-3-4-9-7(8)6-5(2)10-11-12-6/h3-4H2,1-2H3,(H2,8,9). The first-order valence-electron chi connectivity index (χ1n) is 3.85. The molecule has 0 saturated carbocycles. The molecule has 0 aliphatic rings. The highest BCUT2D eigenvalue weighted by Crippen LogP contribution is 2.07. The minimum Gasteiger partial charge on any atom is -0.383 e. The van der Waals surface area contributed by atoms with Crippen molar-refractivity contribution in [3.63, 3.8) is 0 Å². The Kier molecular flexibility index (Phi) is 3.16. The van der Waals surface area contributed by atoms with E-state index in [1.54, 1.807) is 0 Å². The van der Waals surface area contributed by atoms with Crippen molar-refractivity contribution in [2.75, 3.05) is 6.54 Å². The first-order valence-corrected chi connectivity index (χ1v) is 4.62. The fourth-order valence-electron chi connectivity index (χ4n) is 0.770. The van der Waals surface area contributed by atoms with Gasteiger partial charge in [0.05, 0.1) is 5.69 Å². The summed E-state index contributed by atoms with van der Waals surface area (Å²) in [4.78, 5) is 5.06. The van der Waals surface area contributed by atoms with Crippen LogP contribution >= 0.6 is 11.5 Å². The number of aromatic nitrogens is 2. The van der Waals surface area contributed by atoms with E-state index in [-0.39, 0.29) is 0 Å². The molecule has 4 nitrogen and oxygen atoms in total. The molecule has 1 heterocycles. The quantitative estimate of drug-likeness (QED) is 0.562. The monoisotopic (exact) mass is 184 g/mol. The van der Waals surface area contributed by atoms with Crippen LogP contribution in [0.3, 0.4) is 0 Å². The summed E-state index contributed by atoms with van der Waals surface area (Å²) in [6.07, 6.45) is 1.01.